The number of amides is 1. The average molecular weight is 366 g/mol. The highest BCUT2D eigenvalue weighted by Crippen LogP contribution is 2.36. The monoisotopic (exact) mass is 366 g/mol. The predicted molar refractivity (Wildman–Crippen MR) is 96.4 cm³/mol. The van der Waals surface area contributed by atoms with Crippen LogP contribution >= 0.6 is 0 Å². The van der Waals surface area contributed by atoms with E-state index in [0.29, 0.717) is 36.1 Å². The first-order chi connectivity index (χ1) is 11.8. The van der Waals surface area contributed by atoms with Gasteiger partial charge in [-0.05, 0) is 50.2 Å². The largest absolute Gasteiger partial charge is 0.489 e. The van der Waals surface area contributed by atoms with Gasteiger partial charge < -0.3 is 9.64 Å². The second-order valence-corrected chi connectivity index (χ2v) is 8.87. The van der Waals surface area contributed by atoms with E-state index in [1.807, 2.05) is 0 Å². The molecule has 25 heavy (non-hydrogen) atoms. The molecule has 6 nitrogen and oxygen atoms in total. The number of nitrogens with zero attached hydrogens (tertiary/aromatic N) is 1. The van der Waals surface area contributed by atoms with Crippen LogP contribution in [0.4, 0.5) is 5.69 Å². The van der Waals surface area contributed by atoms with Gasteiger partial charge in [-0.2, -0.15) is 0 Å². The molecule has 3 rings (SSSR count). The first-order valence-corrected chi connectivity index (χ1v) is 10.3. The summed E-state index contributed by atoms with van der Waals surface area (Å²) < 4.78 is 34.2. The number of carbonyl (C=O) groups excluding carboxylic acids is 1. The number of anilines is 1. The van der Waals surface area contributed by atoms with Gasteiger partial charge in [-0.15, -0.1) is 0 Å². The number of benzene rings is 1. The maximum absolute atomic E-state index is 12.9. The minimum atomic E-state index is -3.61. The van der Waals surface area contributed by atoms with E-state index in [4.69, 9.17) is 4.74 Å². The molecule has 1 aliphatic heterocycles. The van der Waals surface area contributed by atoms with Crippen LogP contribution in [0.1, 0.15) is 45.1 Å². The van der Waals surface area contributed by atoms with Crippen LogP contribution in [0.25, 0.3) is 0 Å². The summed E-state index contributed by atoms with van der Waals surface area (Å²) in [5.41, 5.74) is 1.26. The third-order valence-electron chi connectivity index (χ3n) is 5.13. The minimum Gasteiger partial charge on any atom is -0.489 e. The topological polar surface area (TPSA) is 75.7 Å². The van der Waals surface area contributed by atoms with Crippen LogP contribution in [0.5, 0.6) is 5.75 Å². The molecule has 138 valence electrons. The normalized spacial score (nSPS) is 23.7. The standard InChI is InChI=1S/C18H26N2O4S/c1-12-4-6-15(7-5-12)19-25(22,23)18-11-17-16(10-13(18)2)20(14(3)21)8-9-24-17/h10-12,15,19H,4-9H2,1-3H3. The molecule has 1 aromatic carbocycles. The molecule has 1 aromatic rings. The van der Waals surface area contributed by atoms with E-state index in [-0.39, 0.29) is 16.8 Å². The minimum absolute atomic E-state index is 0.00808. The molecule has 2 aliphatic rings. The summed E-state index contributed by atoms with van der Waals surface area (Å²) in [7, 11) is -3.61. The number of hydrogen-bond donors (Lipinski definition) is 1. The second kappa shape index (κ2) is 6.96. The maximum Gasteiger partial charge on any atom is 0.241 e. The highest BCUT2D eigenvalue weighted by molar-refractivity contribution is 7.89. The Morgan fingerprint density at radius 2 is 1.92 bits per heavy atom. The summed E-state index contributed by atoms with van der Waals surface area (Å²) in [5.74, 6) is 1.04. The molecule has 0 bridgehead atoms. The van der Waals surface area contributed by atoms with Gasteiger partial charge in [-0.25, -0.2) is 13.1 Å². The third kappa shape index (κ3) is 3.82. The number of nitrogens with one attached hydrogen (secondary N) is 1. The first kappa shape index (κ1) is 18.2. The van der Waals surface area contributed by atoms with Crippen LogP contribution in [0.2, 0.25) is 0 Å². The number of rotatable bonds is 3. The Kier molecular flexibility index (Phi) is 5.06. The van der Waals surface area contributed by atoms with Gasteiger partial charge in [0, 0.05) is 19.0 Å². The van der Waals surface area contributed by atoms with E-state index < -0.39 is 10.0 Å². The summed E-state index contributed by atoms with van der Waals surface area (Å²) in [6, 6.07) is 3.27. The van der Waals surface area contributed by atoms with Crippen molar-refractivity contribution in [3.8, 4) is 5.75 Å². The van der Waals surface area contributed by atoms with E-state index in [1.165, 1.54) is 6.92 Å². The maximum atomic E-state index is 12.9. The van der Waals surface area contributed by atoms with Crippen LogP contribution in [-0.4, -0.2) is 33.5 Å². The molecule has 0 unspecified atom stereocenters. The van der Waals surface area contributed by atoms with Crippen molar-refractivity contribution < 1.29 is 17.9 Å². The lowest BCUT2D eigenvalue weighted by atomic mass is 9.88. The molecule has 1 fully saturated rings. The third-order valence-corrected chi connectivity index (χ3v) is 6.79. The summed E-state index contributed by atoms with van der Waals surface area (Å²) in [6.45, 7) is 6.30. The van der Waals surface area contributed by atoms with Gasteiger partial charge in [0.1, 0.15) is 12.4 Å². The van der Waals surface area contributed by atoms with E-state index in [2.05, 4.69) is 11.6 Å². The molecule has 0 radical (unpaired) electrons. The van der Waals surface area contributed by atoms with Gasteiger partial charge in [-0.3, -0.25) is 4.79 Å². The van der Waals surface area contributed by atoms with E-state index in [1.54, 1.807) is 24.0 Å². The van der Waals surface area contributed by atoms with Gasteiger partial charge in [0.15, 0.2) is 0 Å². The van der Waals surface area contributed by atoms with Crippen LogP contribution in [0.15, 0.2) is 17.0 Å². The van der Waals surface area contributed by atoms with Crippen molar-refractivity contribution in [3.05, 3.63) is 17.7 Å². The summed E-state index contributed by atoms with van der Waals surface area (Å²) in [4.78, 5) is 13.6. The van der Waals surface area contributed by atoms with Gasteiger partial charge in [0.05, 0.1) is 17.1 Å². The summed E-state index contributed by atoms with van der Waals surface area (Å²) in [5, 5.41) is 0. The average Bonchev–Trinajstić information content (AvgIpc) is 2.55. The fourth-order valence-electron chi connectivity index (χ4n) is 3.63. The molecule has 1 saturated carbocycles. The number of aryl methyl sites for hydroxylation is 1. The Morgan fingerprint density at radius 3 is 2.56 bits per heavy atom. The highest BCUT2D eigenvalue weighted by Gasteiger charge is 2.29. The lowest BCUT2D eigenvalue weighted by Crippen LogP contribution is -2.38. The fraction of sp³-hybridized carbons (Fsp3) is 0.611. The van der Waals surface area contributed by atoms with Gasteiger partial charge in [0.25, 0.3) is 0 Å². The SMILES string of the molecule is CC(=O)N1CCOc2cc(S(=O)(=O)NC3CCC(C)CC3)c(C)cc21. The smallest absolute Gasteiger partial charge is 0.241 e. The number of carbonyl (C=O) groups is 1. The predicted octanol–water partition coefficient (Wildman–Crippen LogP) is 2.60. The quantitative estimate of drug-likeness (QED) is 0.892. The molecule has 0 saturated heterocycles. The molecule has 1 amide bonds. The Bertz CT molecular complexity index is 768. The van der Waals surface area contributed by atoms with Crippen LogP contribution in [0, 0.1) is 12.8 Å². The van der Waals surface area contributed by atoms with Gasteiger partial charge in [0.2, 0.25) is 15.9 Å². The van der Waals surface area contributed by atoms with Gasteiger partial charge in [-0.1, -0.05) is 6.92 Å². The van der Waals surface area contributed by atoms with Crippen LogP contribution < -0.4 is 14.4 Å². The molecule has 0 aromatic heterocycles. The van der Waals surface area contributed by atoms with Crippen molar-refractivity contribution in [3.63, 3.8) is 0 Å². The molecule has 7 heteroatoms. The van der Waals surface area contributed by atoms with Crippen LogP contribution in [-0.2, 0) is 14.8 Å². The molecule has 0 spiro atoms. The molecule has 0 atom stereocenters. The molecular formula is C18H26N2O4S. The molecular weight excluding hydrogens is 340 g/mol. The van der Waals surface area contributed by atoms with Crippen molar-refractivity contribution in [1.29, 1.82) is 0 Å². The van der Waals surface area contributed by atoms with Crippen molar-refractivity contribution in [1.82, 2.24) is 4.72 Å². The lowest BCUT2D eigenvalue weighted by molar-refractivity contribution is -0.116. The Morgan fingerprint density at radius 1 is 1.24 bits per heavy atom. The van der Waals surface area contributed by atoms with Gasteiger partial charge >= 0.3 is 0 Å². The zero-order chi connectivity index (χ0) is 18.2. The number of ether oxygens (including phenoxy) is 1. The Balaban J connectivity index is 1.88. The highest BCUT2D eigenvalue weighted by atomic mass is 32.2. The second-order valence-electron chi connectivity index (χ2n) is 7.18. The molecule has 1 aliphatic carbocycles. The number of hydrogen-bond acceptors (Lipinski definition) is 4. The first-order valence-electron chi connectivity index (χ1n) is 8.86. The van der Waals surface area contributed by atoms with Crippen LogP contribution in [0.3, 0.4) is 0 Å². The number of fused-ring (bicyclic) bond motifs is 1. The zero-order valence-electron chi connectivity index (χ0n) is 15.0. The van der Waals surface area contributed by atoms with E-state index in [9.17, 15) is 13.2 Å². The summed E-state index contributed by atoms with van der Waals surface area (Å²) in [6.07, 6.45) is 3.85. The molecule has 1 heterocycles. The van der Waals surface area contributed by atoms with E-state index >= 15 is 0 Å². The van der Waals surface area contributed by atoms with Crippen molar-refractivity contribution in [2.24, 2.45) is 5.92 Å². The Hall–Kier alpha value is -1.60. The summed E-state index contributed by atoms with van der Waals surface area (Å²) >= 11 is 0. The lowest BCUT2D eigenvalue weighted by Gasteiger charge is -2.30. The fourth-order valence-corrected chi connectivity index (χ4v) is 5.17. The zero-order valence-corrected chi connectivity index (χ0v) is 15.9. The molecule has 1 N–H and O–H groups in total. The van der Waals surface area contributed by atoms with Crippen molar-refractivity contribution >= 4 is 21.6 Å². The number of sulfonamides is 1. The van der Waals surface area contributed by atoms with Crippen molar-refractivity contribution in [2.45, 2.75) is 57.4 Å². The van der Waals surface area contributed by atoms with Crippen molar-refractivity contribution in [2.75, 3.05) is 18.1 Å². The van der Waals surface area contributed by atoms with E-state index in [0.717, 1.165) is 25.7 Å². The Labute approximate surface area is 149 Å².